The fourth-order valence-electron chi connectivity index (χ4n) is 2.70. The molecule has 1 unspecified atom stereocenters. The van der Waals surface area contributed by atoms with Crippen LogP contribution in [0.2, 0.25) is 0 Å². The van der Waals surface area contributed by atoms with Gasteiger partial charge in [-0.1, -0.05) is 0 Å². The minimum absolute atomic E-state index is 0.0422. The second kappa shape index (κ2) is 5.53. The van der Waals surface area contributed by atoms with Gasteiger partial charge in [-0.3, -0.25) is 4.79 Å². The first-order chi connectivity index (χ1) is 10.5. The Kier molecular flexibility index (Phi) is 3.70. The molecule has 0 aliphatic heterocycles. The van der Waals surface area contributed by atoms with Crippen LogP contribution in [0.3, 0.4) is 0 Å². The summed E-state index contributed by atoms with van der Waals surface area (Å²) in [7, 11) is 0. The molecule has 1 aliphatic carbocycles. The molecule has 0 radical (unpaired) electrons. The quantitative estimate of drug-likeness (QED) is 0.876. The van der Waals surface area contributed by atoms with Crippen molar-refractivity contribution in [2.45, 2.75) is 32.2 Å². The molecule has 1 saturated carbocycles. The Morgan fingerprint density at radius 1 is 1.50 bits per heavy atom. The van der Waals surface area contributed by atoms with Crippen LogP contribution in [0.25, 0.3) is 5.69 Å². The summed E-state index contributed by atoms with van der Waals surface area (Å²) < 4.78 is 1.65. The number of aliphatic hydroxyl groups is 1. The molecule has 1 atom stereocenters. The van der Waals surface area contributed by atoms with Gasteiger partial charge in [0.1, 0.15) is 12.7 Å². The van der Waals surface area contributed by atoms with Gasteiger partial charge in [-0.15, -0.1) is 0 Å². The Labute approximate surface area is 129 Å². The first-order valence-corrected chi connectivity index (χ1v) is 7.42. The van der Waals surface area contributed by atoms with Crippen molar-refractivity contribution in [2.75, 3.05) is 6.61 Å². The molecule has 6 nitrogen and oxygen atoms in total. The standard InChI is InChI=1S/C16H20N4O2/c1-11-7-13(20-10-17-9-18-20)5-6-14(11)15(22)19-16(2,8-21)12-3-4-12/h5-7,9-10,12,21H,3-4,8H2,1-2H3,(H,19,22). The number of rotatable bonds is 5. The summed E-state index contributed by atoms with van der Waals surface area (Å²) in [5.74, 6) is 0.224. The number of aryl methyl sites for hydroxylation is 1. The van der Waals surface area contributed by atoms with E-state index in [1.165, 1.54) is 6.33 Å². The predicted molar refractivity (Wildman–Crippen MR) is 81.8 cm³/mol. The third-order valence-electron chi connectivity index (χ3n) is 4.34. The van der Waals surface area contributed by atoms with E-state index in [4.69, 9.17) is 0 Å². The highest BCUT2D eigenvalue weighted by atomic mass is 16.3. The van der Waals surface area contributed by atoms with Gasteiger partial charge in [-0.25, -0.2) is 9.67 Å². The lowest BCUT2D eigenvalue weighted by molar-refractivity contribution is 0.0824. The average molecular weight is 300 g/mol. The number of nitrogens with zero attached hydrogens (tertiary/aromatic N) is 3. The summed E-state index contributed by atoms with van der Waals surface area (Å²) in [6, 6.07) is 5.52. The highest BCUT2D eigenvalue weighted by molar-refractivity contribution is 5.96. The molecule has 1 fully saturated rings. The average Bonchev–Trinajstić information content (AvgIpc) is 3.23. The zero-order chi connectivity index (χ0) is 15.7. The van der Waals surface area contributed by atoms with Crippen molar-refractivity contribution < 1.29 is 9.90 Å². The van der Waals surface area contributed by atoms with Crippen LogP contribution in [0.5, 0.6) is 0 Å². The van der Waals surface area contributed by atoms with Crippen molar-refractivity contribution in [1.82, 2.24) is 20.1 Å². The number of hydrogen-bond donors (Lipinski definition) is 2. The van der Waals surface area contributed by atoms with E-state index in [0.717, 1.165) is 24.1 Å². The lowest BCUT2D eigenvalue weighted by Gasteiger charge is -2.29. The molecule has 2 N–H and O–H groups in total. The third kappa shape index (κ3) is 2.74. The van der Waals surface area contributed by atoms with Gasteiger partial charge in [-0.2, -0.15) is 5.10 Å². The van der Waals surface area contributed by atoms with Crippen LogP contribution < -0.4 is 5.32 Å². The summed E-state index contributed by atoms with van der Waals surface area (Å²) in [6.07, 6.45) is 5.20. The highest BCUT2D eigenvalue weighted by Gasteiger charge is 2.42. The van der Waals surface area contributed by atoms with Crippen molar-refractivity contribution in [3.63, 3.8) is 0 Å². The second-order valence-electron chi connectivity index (χ2n) is 6.14. The smallest absolute Gasteiger partial charge is 0.252 e. The lowest BCUT2D eigenvalue weighted by Crippen LogP contribution is -2.50. The molecule has 1 aliphatic rings. The minimum atomic E-state index is -0.534. The first kappa shape index (κ1) is 14.7. The molecule has 0 saturated heterocycles. The van der Waals surface area contributed by atoms with Gasteiger partial charge in [-0.05, 0) is 56.4 Å². The molecule has 0 bridgehead atoms. The Balaban J connectivity index is 1.81. The van der Waals surface area contributed by atoms with Gasteiger partial charge in [0.15, 0.2) is 0 Å². The van der Waals surface area contributed by atoms with Crippen LogP contribution in [0, 0.1) is 12.8 Å². The summed E-state index contributed by atoms with van der Waals surface area (Å²) in [5.41, 5.74) is 1.80. The number of carbonyl (C=O) groups is 1. The van der Waals surface area contributed by atoms with Crippen molar-refractivity contribution >= 4 is 5.91 Å². The number of amides is 1. The van der Waals surface area contributed by atoms with Gasteiger partial charge >= 0.3 is 0 Å². The molecule has 1 aromatic heterocycles. The number of nitrogens with one attached hydrogen (secondary N) is 1. The zero-order valence-electron chi connectivity index (χ0n) is 12.8. The fraction of sp³-hybridized carbons (Fsp3) is 0.438. The van der Waals surface area contributed by atoms with E-state index in [1.807, 2.05) is 26.0 Å². The Hall–Kier alpha value is -2.21. The van der Waals surface area contributed by atoms with Crippen molar-refractivity contribution in [3.05, 3.63) is 42.0 Å². The van der Waals surface area contributed by atoms with E-state index in [1.54, 1.807) is 17.1 Å². The van der Waals surface area contributed by atoms with Crippen molar-refractivity contribution in [1.29, 1.82) is 0 Å². The molecule has 2 aromatic rings. The summed E-state index contributed by atoms with van der Waals surface area (Å²) >= 11 is 0. The molecule has 1 amide bonds. The number of benzene rings is 1. The van der Waals surface area contributed by atoms with Gasteiger partial charge in [0.05, 0.1) is 17.8 Å². The number of hydrogen-bond acceptors (Lipinski definition) is 4. The molecule has 22 heavy (non-hydrogen) atoms. The number of aromatic nitrogens is 3. The van der Waals surface area contributed by atoms with Crippen molar-refractivity contribution in [2.24, 2.45) is 5.92 Å². The molecule has 1 heterocycles. The maximum absolute atomic E-state index is 12.5. The highest BCUT2D eigenvalue weighted by Crippen LogP contribution is 2.39. The van der Waals surface area contributed by atoms with Crippen LogP contribution in [-0.2, 0) is 0 Å². The maximum Gasteiger partial charge on any atom is 0.252 e. The fourth-order valence-corrected chi connectivity index (χ4v) is 2.70. The Morgan fingerprint density at radius 3 is 2.82 bits per heavy atom. The molecule has 116 valence electrons. The zero-order valence-corrected chi connectivity index (χ0v) is 12.8. The van der Waals surface area contributed by atoms with Crippen LogP contribution in [0.15, 0.2) is 30.9 Å². The molecular weight excluding hydrogens is 280 g/mol. The van der Waals surface area contributed by atoms with Gasteiger partial charge in [0, 0.05) is 5.56 Å². The molecule has 0 spiro atoms. The largest absolute Gasteiger partial charge is 0.394 e. The topological polar surface area (TPSA) is 80.0 Å². The van der Waals surface area contributed by atoms with Crippen LogP contribution in [-0.4, -0.2) is 37.9 Å². The minimum Gasteiger partial charge on any atom is -0.394 e. The molecule has 6 heteroatoms. The normalized spacial score (nSPS) is 17.0. The van der Waals surface area contributed by atoms with Crippen molar-refractivity contribution in [3.8, 4) is 5.69 Å². The van der Waals surface area contributed by atoms with E-state index in [-0.39, 0.29) is 12.5 Å². The number of carbonyl (C=O) groups excluding carboxylic acids is 1. The maximum atomic E-state index is 12.5. The van der Waals surface area contributed by atoms with E-state index >= 15 is 0 Å². The number of aliphatic hydroxyl groups excluding tert-OH is 1. The van der Waals surface area contributed by atoms with Gasteiger partial charge in [0.2, 0.25) is 0 Å². The molecule has 1 aromatic carbocycles. The van der Waals surface area contributed by atoms with E-state index in [0.29, 0.717) is 11.5 Å². The van der Waals surface area contributed by atoms with Crippen LogP contribution in [0.4, 0.5) is 0 Å². The molecular formula is C16H20N4O2. The predicted octanol–water partition coefficient (Wildman–Crippen LogP) is 1.47. The van der Waals surface area contributed by atoms with Gasteiger partial charge < -0.3 is 10.4 Å². The van der Waals surface area contributed by atoms with Gasteiger partial charge in [0.25, 0.3) is 5.91 Å². The second-order valence-corrected chi connectivity index (χ2v) is 6.14. The van der Waals surface area contributed by atoms with E-state index in [2.05, 4.69) is 15.4 Å². The summed E-state index contributed by atoms with van der Waals surface area (Å²) in [6.45, 7) is 3.75. The first-order valence-electron chi connectivity index (χ1n) is 7.42. The van der Waals surface area contributed by atoms with Crippen LogP contribution in [0.1, 0.15) is 35.7 Å². The van der Waals surface area contributed by atoms with E-state index < -0.39 is 5.54 Å². The Bertz CT molecular complexity index is 679. The summed E-state index contributed by atoms with van der Waals surface area (Å²) in [5, 5.41) is 16.7. The third-order valence-corrected chi connectivity index (χ3v) is 4.34. The SMILES string of the molecule is Cc1cc(-n2cncn2)ccc1C(=O)NC(C)(CO)C1CC1. The van der Waals surface area contributed by atoms with E-state index in [9.17, 15) is 9.90 Å². The summed E-state index contributed by atoms with van der Waals surface area (Å²) in [4.78, 5) is 16.4. The Morgan fingerprint density at radius 2 is 2.27 bits per heavy atom. The van der Waals surface area contributed by atoms with Crippen LogP contribution >= 0.6 is 0 Å². The monoisotopic (exact) mass is 300 g/mol. The lowest BCUT2D eigenvalue weighted by atomic mass is 9.95. The molecule has 3 rings (SSSR count).